The maximum absolute atomic E-state index is 12.8. The van der Waals surface area contributed by atoms with Gasteiger partial charge in [0.1, 0.15) is 23.4 Å². The first-order valence-electron chi connectivity index (χ1n) is 9.60. The number of Topliss-reactive ketones (excluding diaryl/α,β-unsaturated/α-hetero) is 1. The lowest BCUT2D eigenvalue weighted by Crippen LogP contribution is -2.30. The molecule has 0 N–H and O–H groups in total. The summed E-state index contributed by atoms with van der Waals surface area (Å²) in [6.45, 7) is 6.11. The lowest BCUT2D eigenvalue weighted by Gasteiger charge is -2.18. The molecule has 0 atom stereocenters. The van der Waals surface area contributed by atoms with Gasteiger partial charge in [-0.1, -0.05) is 30.8 Å². The molecule has 0 spiro atoms. The van der Waals surface area contributed by atoms with E-state index >= 15 is 0 Å². The van der Waals surface area contributed by atoms with E-state index in [-0.39, 0.29) is 23.9 Å². The Labute approximate surface area is 175 Å². The zero-order valence-corrected chi connectivity index (χ0v) is 17.9. The second-order valence-corrected chi connectivity index (χ2v) is 8.37. The highest BCUT2D eigenvalue weighted by atomic mass is 32.2. The molecule has 10 heteroatoms. The van der Waals surface area contributed by atoms with Crippen LogP contribution in [0, 0.1) is 0 Å². The minimum Gasteiger partial charge on any atom is -0.489 e. The third-order valence-electron chi connectivity index (χ3n) is 4.55. The molecule has 1 aromatic heterocycles. The molecule has 0 radical (unpaired) electrons. The SMILES string of the molecule is CCN(CC)S(=O)(=O)c1ccc2nnn(OCCOc3ccccc3C(C)=O)c2c1. The fourth-order valence-electron chi connectivity index (χ4n) is 3.01. The molecule has 2 aromatic carbocycles. The van der Waals surface area contributed by atoms with Crippen LogP contribution in [0.2, 0.25) is 0 Å². The molecule has 0 aliphatic rings. The highest BCUT2D eigenvalue weighted by Gasteiger charge is 2.23. The number of sulfonamides is 1. The van der Waals surface area contributed by atoms with E-state index in [0.29, 0.717) is 35.4 Å². The molecule has 160 valence electrons. The summed E-state index contributed by atoms with van der Waals surface area (Å²) in [4.78, 5) is 18.6. The zero-order valence-electron chi connectivity index (χ0n) is 17.1. The van der Waals surface area contributed by atoms with Crippen molar-refractivity contribution in [2.45, 2.75) is 25.7 Å². The van der Waals surface area contributed by atoms with Crippen LogP contribution in [0.1, 0.15) is 31.1 Å². The van der Waals surface area contributed by atoms with E-state index in [9.17, 15) is 13.2 Å². The van der Waals surface area contributed by atoms with Gasteiger partial charge in [-0.2, -0.15) is 4.31 Å². The number of carbonyl (C=O) groups is 1. The van der Waals surface area contributed by atoms with Gasteiger partial charge in [0, 0.05) is 13.1 Å². The summed E-state index contributed by atoms with van der Waals surface area (Å²) in [6, 6.07) is 11.6. The van der Waals surface area contributed by atoms with Crippen LogP contribution >= 0.6 is 0 Å². The highest BCUT2D eigenvalue weighted by Crippen LogP contribution is 2.21. The fraction of sp³-hybridized carbons (Fsp3) is 0.350. The summed E-state index contributed by atoms with van der Waals surface area (Å²) in [5.41, 5.74) is 1.44. The Balaban J connectivity index is 1.72. The number of carbonyl (C=O) groups excluding carboxylic acids is 1. The normalized spacial score (nSPS) is 11.7. The Bertz CT molecular complexity index is 1140. The van der Waals surface area contributed by atoms with Crippen molar-refractivity contribution >= 4 is 26.8 Å². The molecule has 0 bridgehead atoms. The van der Waals surface area contributed by atoms with Gasteiger partial charge in [-0.25, -0.2) is 8.42 Å². The predicted molar refractivity (Wildman–Crippen MR) is 111 cm³/mol. The standard InChI is InChI=1S/C20H24N4O5S/c1-4-23(5-2)30(26,27)16-10-11-18-19(14-16)24(22-21-18)29-13-12-28-20-9-7-6-8-17(20)15(3)25/h6-11,14H,4-5,12-13H2,1-3H3. The highest BCUT2D eigenvalue weighted by molar-refractivity contribution is 7.89. The van der Waals surface area contributed by atoms with Crippen molar-refractivity contribution in [1.82, 2.24) is 19.5 Å². The number of fused-ring (bicyclic) bond motifs is 1. The number of hydrogen-bond donors (Lipinski definition) is 0. The first-order valence-corrected chi connectivity index (χ1v) is 11.0. The molecule has 3 rings (SSSR count). The molecule has 9 nitrogen and oxygen atoms in total. The van der Waals surface area contributed by atoms with E-state index in [1.807, 2.05) is 0 Å². The van der Waals surface area contributed by atoms with Crippen molar-refractivity contribution in [2.75, 3.05) is 26.3 Å². The van der Waals surface area contributed by atoms with Crippen molar-refractivity contribution in [1.29, 1.82) is 0 Å². The number of ketones is 1. The first kappa shape index (κ1) is 21.7. The minimum atomic E-state index is -3.61. The largest absolute Gasteiger partial charge is 0.489 e. The quantitative estimate of drug-likeness (QED) is 0.357. The van der Waals surface area contributed by atoms with Gasteiger partial charge in [-0.3, -0.25) is 4.79 Å². The summed E-state index contributed by atoms with van der Waals surface area (Å²) < 4.78 is 32.5. The molecule has 3 aromatic rings. The van der Waals surface area contributed by atoms with Crippen LogP contribution < -0.4 is 9.57 Å². The van der Waals surface area contributed by atoms with Crippen LogP contribution in [-0.4, -0.2) is 60.0 Å². The molecule has 0 aliphatic heterocycles. The molecular formula is C20H24N4O5S. The van der Waals surface area contributed by atoms with Gasteiger partial charge in [0.15, 0.2) is 12.4 Å². The Morgan fingerprint density at radius 3 is 2.53 bits per heavy atom. The van der Waals surface area contributed by atoms with Crippen LogP contribution in [0.25, 0.3) is 11.0 Å². The van der Waals surface area contributed by atoms with Crippen molar-refractivity contribution in [3.05, 3.63) is 48.0 Å². The van der Waals surface area contributed by atoms with Gasteiger partial charge in [0.25, 0.3) is 0 Å². The summed E-state index contributed by atoms with van der Waals surface area (Å²) in [7, 11) is -3.61. The van der Waals surface area contributed by atoms with Crippen LogP contribution in [0.15, 0.2) is 47.4 Å². The first-order chi connectivity index (χ1) is 14.4. The average Bonchev–Trinajstić information content (AvgIpc) is 3.14. The average molecular weight is 433 g/mol. The fourth-order valence-corrected chi connectivity index (χ4v) is 4.48. The summed E-state index contributed by atoms with van der Waals surface area (Å²) in [6.07, 6.45) is 0. The number of aromatic nitrogens is 3. The van der Waals surface area contributed by atoms with Crippen molar-refractivity contribution in [2.24, 2.45) is 0 Å². The topological polar surface area (TPSA) is 104 Å². The molecule has 30 heavy (non-hydrogen) atoms. The lowest BCUT2D eigenvalue weighted by molar-refractivity contribution is 0.0635. The van der Waals surface area contributed by atoms with Crippen molar-refractivity contribution < 1.29 is 22.8 Å². The van der Waals surface area contributed by atoms with Gasteiger partial charge in [-0.05, 0) is 42.5 Å². The van der Waals surface area contributed by atoms with Crippen LogP contribution in [0.3, 0.4) is 0 Å². The Morgan fingerprint density at radius 2 is 1.83 bits per heavy atom. The van der Waals surface area contributed by atoms with Gasteiger partial charge < -0.3 is 9.57 Å². The van der Waals surface area contributed by atoms with Gasteiger partial charge in [-0.15, -0.1) is 5.10 Å². The molecule has 1 heterocycles. The van der Waals surface area contributed by atoms with E-state index in [0.717, 1.165) is 0 Å². The minimum absolute atomic E-state index is 0.0873. The predicted octanol–water partition coefficient (Wildman–Crippen LogP) is 2.17. The van der Waals surface area contributed by atoms with Crippen LogP contribution in [0.4, 0.5) is 0 Å². The Hall–Kier alpha value is -2.98. The number of rotatable bonds is 10. The molecule has 0 unspecified atom stereocenters. The van der Waals surface area contributed by atoms with Crippen LogP contribution in [0.5, 0.6) is 5.75 Å². The number of para-hydroxylation sites is 1. The second kappa shape index (κ2) is 9.23. The van der Waals surface area contributed by atoms with E-state index in [2.05, 4.69) is 10.3 Å². The van der Waals surface area contributed by atoms with E-state index in [1.165, 1.54) is 28.2 Å². The number of ether oxygens (including phenoxy) is 1. The number of nitrogens with zero attached hydrogens (tertiary/aromatic N) is 4. The van der Waals surface area contributed by atoms with Gasteiger partial charge >= 0.3 is 0 Å². The van der Waals surface area contributed by atoms with Crippen LogP contribution in [-0.2, 0) is 10.0 Å². The third-order valence-corrected chi connectivity index (χ3v) is 6.60. The number of hydrogen-bond acceptors (Lipinski definition) is 7. The monoisotopic (exact) mass is 432 g/mol. The molecule has 0 saturated carbocycles. The smallest absolute Gasteiger partial charge is 0.243 e. The summed E-state index contributed by atoms with van der Waals surface area (Å²) in [5.74, 6) is 0.389. The summed E-state index contributed by atoms with van der Waals surface area (Å²) >= 11 is 0. The Kier molecular flexibility index (Phi) is 6.68. The third kappa shape index (κ3) is 4.44. The Morgan fingerprint density at radius 1 is 1.10 bits per heavy atom. The molecule has 0 fully saturated rings. The van der Waals surface area contributed by atoms with Gasteiger partial charge in [0.05, 0.1) is 10.5 Å². The van der Waals surface area contributed by atoms with E-state index in [1.54, 1.807) is 44.2 Å². The van der Waals surface area contributed by atoms with E-state index in [4.69, 9.17) is 9.57 Å². The summed E-state index contributed by atoms with van der Waals surface area (Å²) in [5, 5.41) is 7.92. The van der Waals surface area contributed by atoms with E-state index < -0.39 is 10.0 Å². The maximum atomic E-state index is 12.8. The molecular weight excluding hydrogens is 408 g/mol. The second-order valence-electron chi connectivity index (χ2n) is 6.44. The lowest BCUT2D eigenvalue weighted by atomic mass is 10.1. The molecule has 0 aliphatic carbocycles. The van der Waals surface area contributed by atoms with Crippen molar-refractivity contribution in [3.63, 3.8) is 0 Å². The zero-order chi connectivity index (χ0) is 21.7. The number of benzene rings is 2. The van der Waals surface area contributed by atoms with Gasteiger partial charge in [0.2, 0.25) is 10.0 Å². The molecule has 0 amide bonds. The molecule has 0 saturated heterocycles. The van der Waals surface area contributed by atoms with Crippen molar-refractivity contribution in [3.8, 4) is 5.75 Å². The maximum Gasteiger partial charge on any atom is 0.243 e.